The van der Waals surface area contributed by atoms with Gasteiger partial charge in [0.05, 0.1) is 0 Å². The van der Waals surface area contributed by atoms with Crippen molar-refractivity contribution in [2.75, 3.05) is 0 Å². The molecule has 3 nitrogen and oxygen atoms in total. The van der Waals surface area contributed by atoms with Crippen LogP contribution in [0.2, 0.25) is 0 Å². The van der Waals surface area contributed by atoms with Crippen LogP contribution in [0.4, 0.5) is 4.39 Å². The summed E-state index contributed by atoms with van der Waals surface area (Å²) in [5.41, 5.74) is 0.0647. The van der Waals surface area contributed by atoms with Crippen LogP contribution in [0.25, 0.3) is 0 Å². The van der Waals surface area contributed by atoms with Gasteiger partial charge < -0.3 is 5.11 Å². The molecule has 0 aliphatic heterocycles. The summed E-state index contributed by atoms with van der Waals surface area (Å²) in [6, 6.07) is 7.46. The van der Waals surface area contributed by atoms with Gasteiger partial charge in [-0.25, -0.2) is 9.18 Å². The molecule has 0 aliphatic rings. The van der Waals surface area contributed by atoms with Gasteiger partial charge in [-0.2, -0.15) is 0 Å². The van der Waals surface area contributed by atoms with Crippen molar-refractivity contribution in [1.82, 2.24) is 0 Å². The monoisotopic (exact) mass is 206 g/mol. The van der Waals surface area contributed by atoms with Gasteiger partial charge in [0.15, 0.2) is 6.17 Å². The van der Waals surface area contributed by atoms with Crippen molar-refractivity contribution in [3.63, 3.8) is 0 Å². The van der Waals surface area contributed by atoms with Gasteiger partial charge >= 0.3 is 35.5 Å². The van der Waals surface area contributed by atoms with Gasteiger partial charge in [-0.05, 0) is 5.56 Å². The van der Waals surface area contributed by atoms with E-state index in [-0.39, 0.29) is 35.1 Å². The van der Waals surface area contributed by atoms with Crippen molar-refractivity contribution in [2.45, 2.75) is 6.17 Å². The summed E-state index contributed by atoms with van der Waals surface area (Å²) in [5.74, 6) is -3.19. The summed E-state index contributed by atoms with van der Waals surface area (Å²) in [7, 11) is 0. The molecule has 14 heavy (non-hydrogen) atoms. The molecule has 0 heterocycles. The maximum absolute atomic E-state index is 13.0. The summed E-state index contributed by atoms with van der Waals surface area (Å²) in [4.78, 5) is 20.8. The quantitative estimate of drug-likeness (QED) is 0.585. The van der Waals surface area contributed by atoms with Crippen LogP contribution in [-0.4, -0.2) is 46.4 Å². The second-order valence-corrected chi connectivity index (χ2v) is 2.44. The zero-order valence-corrected chi connectivity index (χ0v) is 6.61. The third-order valence-corrected chi connectivity index (χ3v) is 1.53. The van der Waals surface area contributed by atoms with Gasteiger partial charge in [-0.1, -0.05) is 30.3 Å². The predicted molar refractivity (Wildman–Crippen MR) is 50.1 cm³/mol. The maximum atomic E-state index is 13.0. The third-order valence-electron chi connectivity index (χ3n) is 1.53. The molecule has 0 aromatic heterocycles. The number of halogens is 1. The number of aliphatic carboxylic acids is 1. The molecule has 1 N–H and O–H groups in total. The van der Waals surface area contributed by atoms with Gasteiger partial charge in [-0.3, -0.25) is 4.79 Å². The molecule has 0 aliphatic carbocycles. The Bertz CT molecular complexity index is 326. The minimum atomic E-state index is -2.07. The topological polar surface area (TPSA) is 54.4 Å². The Morgan fingerprint density at radius 3 is 2.14 bits per heavy atom. The van der Waals surface area contributed by atoms with E-state index in [1.807, 2.05) is 0 Å². The fourth-order valence-corrected chi connectivity index (χ4v) is 0.882. The molecular formula is C9H8FNaO3. The van der Waals surface area contributed by atoms with Crippen molar-refractivity contribution < 1.29 is 19.1 Å². The number of Topliss-reactive ketones (excluding diaryl/α,β-unsaturated/α-hetero) is 1. The van der Waals surface area contributed by atoms with Gasteiger partial charge in [0.2, 0.25) is 0 Å². The summed E-state index contributed by atoms with van der Waals surface area (Å²) < 4.78 is 13.0. The van der Waals surface area contributed by atoms with E-state index in [0.717, 1.165) is 0 Å². The van der Waals surface area contributed by atoms with Crippen LogP contribution in [0, 0.1) is 0 Å². The Labute approximate surface area is 102 Å². The molecule has 0 radical (unpaired) electrons. The van der Waals surface area contributed by atoms with Crippen LogP contribution in [0.3, 0.4) is 0 Å². The van der Waals surface area contributed by atoms with Gasteiger partial charge in [0, 0.05) is 0 Å². The Hall–Kier alpha value is -0.710. The van der Waals surface area contributed by atoms with E-state index in [1.165, 1.54) is 24.3 Å². The number of carboxylic acids is 1. The SMILES string of the molecule is O=C(O)C(=O)C(F)c1ccccc1.[NaH]. The number of carbonyl (C=O) groups is 2. The van der Waals surface area contributed by atoms with E-state index in [2.05, 4.69) is 0 Å². The molecule has 1 atom stereocenters. The summed E-state index contributed by atoms with van der Waals surface area (Å²) >= 11 is 0. The van der Waals surface area contributed by atoms with Crippen LogP contribution in [0.15, 0.2) is 30.3 Å². The first-order valence-electron chi connectivity index (χ1n) is 3.59. The first-order chi connectivity index (χ1) is 6.13. The summed E-state index contributed by atoms with van der Waals surface area (Å²) in [5, 5.41) is 8.22. The van der Waals surface area contributed by atoms with E-state index in [4.69, 9.17) is 5.11 Å². The number of hydrogen-bond donors (Lipinski definition) is 1. The first-order valence-corrected chi connectivity index (χ1v) is 3.59. The Kier molecular flexibility index (Phi) is 5.60. The predicted octanol–water partition coefficient (Wildman–Crippen LogP) is 0.702. The second kappa shape index (κ2) is 5.90. The summed E-state index contributed by atoms with van der Waals surface area (Å²) in [6.07, 6.45) is -2.07. The number of carboxylic acid groups (broad SMARTS) is 1. The van der Waals surface area contributed by atoms with Crippen LogP contribution in [0.5, 0.6) is 0 Å². The molecule has 1 unspecified atom stereocenters. The Morgan fingerprint density at radius 1 is 1.21 bits per heavy atom. The van der Waals surface area contributed by atoms with Crippen molar-refractivity contribution in [3.8, 4) is 0 Å². The van der Waals surface area contributed by atoms with Crippen LogP contribution in [0.1, 0.15) is 11.7 Å². The fraction of sp³-hybridized carbons (Fsp3) is 0.111. The van der Waals surface area contributed by atoms with Crippen molar-refractivity contribution in [2.24, 2.45) is 0 Å². The van der Waals surface area contributed by atoms with E-state index >= 15 is 0 Å². The van der Waals surface area contributed by atoms with Gasteiger partial charge in [0.25, 0.3) is 5.78 Å². The molecule has 0 spiro atoms. The zero-order chi connectivity index (χ0) is 9.84. The van der Waals surface area contributed by atoms with Crippen LogP contribution in [-0.2, 0) is 9.59 Å². The van der Waals surface area contributed by atoms with Crippen molar-refractivity contribution in [3.05, 3.63) is 35.9 Å². The molecular weight excluding hydrogens is 198 g/mol. The Morgan fingerprint density at radius 2 is 1.71 bits per heavy atom. The van der Waals surface area contributed by atoms with Crippen molar-refractivity contribution >= 4 is 41.3 Å². The second-order valence-electron chi connectivity index (χ2n) is 2.44. The summed E-state index contributed by atoms with van der Waals surface area (Å²) in [6.45, 7) is 0. The van der Waals surface area contributed by atoms with Crippen molar-refractivity contribution in [1.29, 1.82) is 0 Å². The Balaban J connectivity index is 0.00000169. The van der Waals surface area contributed by atoms with E-state index in [1.54, 1.807) is 6.07 Å². The minimum absolute atomic E-state index is 0. The normalized spacial score (nSPS) is 11.2. The number of ketones is 1. The molecule has 0 amide bonds. The van der Waals surface area contributed by atoms with E-state index < -0.39 is 17.9 Å². The molecule has 70 valence electrons. The molecule has 0 saturated carbocycles. The standard InChI is InChI=1S/C9H7FO3.Na.H/c10-7(8(11)9(12)13)6-4-2-1-3-5-6;;/h1-5,7H,(H,12,13);;. The van der Waals surface area contributed by atoms with E-state index in [0.29, 0.717) is 0 Å². The molecule has 1 rings (SSSR count). The number of carbonyl (C=O) groups excluding carboxylic acids is 1. The number of hydrogen-bond acceptors (Lipinski definition) is 2. The number of rotatable bonds is 3. The molecule has 1 aromatic rings. The van der Waals surface area contributed by atoms with Gasteiger partial charge in [0.1, 0.15) is 0 Å². The zero-order valence-electron chi connectivity index (χ0n) is 6.61. The molecule has 1 aromatic carbocycles. The average molecular weight is 206 g/mol. The molecule has 0 saturated heterocycles. The van der Waals surface area contributed by atoms with Gasteiger partial charge in [-0.15, -0.1) is 0 Å². The average Bonchev–Trinajstić information content (AvgIpc) is 2.17. The number of alkyl halides is 1. The first kappa shape index (κ1) is 13.3. The van der Waals surface area contributed by atoms with E-state index in [9.17, 15) is 14.0 Å². The molecule has 0 fully saturated rings. The fourth-order valence-electron chi connectivity index (χ4n) is 0.882. The number of benzene rings is 1. The van der Waals surface area contributed by atoms with Crippen LogP contribution >= 0.6 is 0 Å². The molecule has 0 bridgehead atoms. The van der Waals surface area contributed by atoms with Crippen LogP contribution < -0.4 is 0 Å². The molecule has 5 heteroatoms. The third kappa shape index (κ3) is 3.21.